The molecular weight excluding hydrogens is 441 g/mol. The maximum atomic E-state index is 13.5. The maximum Gasteiger partial charge on any atom is 0.253 e. The van der Waals surface area contributed by atoms with Gasteiger partial charge < -0.3 is 9.88 Å². The fourth-order valence-electron chi connectivity index (χ4n) is 4.51. The average molecular weight is 470 g/mol. The molecule has 7 heteroatoms. The predicted molar refractivity (Wildman–Crippen MR) is 134 cm³/mol. The van der Waals surface area contributed by atoms with Gasteiger partial charge in [-0.1, -0.05) is 36.4 Å². The SMILES string of the molecule is Cn1ccnc1-c1ccc(CN2CCC(NC(=O)c3ccc(-c4cccc(F)c4)nc3)CC2)cc1. The molecule has 4 aromatic rings. The summed E-state index contributed by atoms with van der Waals surface area (Å²) < 4.78 is 15.5. The Morgan fingerprint density at radius 3 is 2.49 bits per heavy atom. The molecule has 0 atom stereocenters. The van der Waals surface area contributed by atoms with E-state index in [-0.39, 0.29) is 17.8 Å². The van der Waals surface area contributed by atoms with Gasteiger partial charge in [0.15, 0.2) is 0 Å². The van der Waals surface area contributed by atoms with Crippen LogP contribution in [0.15, 0.2) is 79.3 Å². The Morgan fingerprint density at radius 2 is 1.83 bits per heavy atom. The summed E-state index contributed by atoms with van der Waals surface area (Å²) in [6.45, 7) is 2.76. The van der Waals surface area contributed by atoms with Gasteiger partial charge in [-0.25, -0.2) is 9.37 Å². The van der Waals surface area contributed by atoms with Gasteiger partial charge >= 0.3 is 0 Å². The number of amides is 1. The van der Waals surface area contributed by atoms with Crippen LogP contribution < -0.4 is 5.32 Å². The standard InChI is InChI=1S/C28H28FN5O/c1-33-16-13-30-27(33)21-7-5-20(6-8-21)19-34-14-11-25(12-15-34)32-28(35)23-9-10-26(31-18-23)22-3-2-4-24(29)17-22/h2-10,13,16-18,25H,11-12,14-15,19H2,1H3,(H,32,35). The van der Waals surface area contributed by atoms with E-state index in [0.29, 0.717) is 16.8 Å². The van der Waals surface area contributed by atoms with Crippen molar-refractivity contribution in [1.82, 2.24) is 24.8 Å². The molecule has 1 aliphatic rings. The zero-order valence-corrected chi connectivity index (χ0v) is 19.7. The molecule has 5 rings (SSSR count). The first-order valence-corrected chi connectivity index (χ1v) is 11.9. The van der Waals surface area contributed by atoms with Gasteiger partial charge in [-0.15, -0.1) is 0 Å². The average Bonchev–Trinajstić information content (AvgIpc) is 3.31. The van der Waals surface area contributed by atoms with Crippen LogP contribution in [0.5, 0.6) is 0 Å². The molecule has 0 radical (unpaired) electrons. The topological polar surface area (TPSA) is 63.1 Å². The van der Waals surface area contributed by atoms with Gasteiger partial charge in [-0.05, 0) is 42.7 Å². The van der Waals surface area contributed by atoms with E-state index in [9.17, 15) is 9.18 Å². The molecule has 35 heavy (non-hydrogen) atoms. The third-order valence-corrected chi connectivity index (χ3v) is 6.51. The van der Waals surface area contributed by atoms with E-state index >= 15 is 0 Å². The summed E-state index contributed by atoms with van der Waals surface area (Å²) in [6, 6.07) is 18.5. The number of carbonyl (C=O) groups excluding carboxylic acids is 1. The highest BCUT2D eigenvalue weighted by atomic mass is 19.1. The van der Waals surface area contributed by atoms with Crippen LogP contribution in [0.2, 0.25) is 0 Å². The largest absolute Gasteiger partial charge is 0.349 e. The number of piperidine rings is 1. The second-order valence-corrected chi connectivity index (χ2v) is 9.03. The number of carbonyl (C=O) groups is 1. The van der Waals surface area contributed by atoms with Crippen molar-refractivity contribution in [3.8, 4) is 22.6 Å². The molecule has 0 unspecified atom stereocenters. The van der Waals surface area contributed by atoms with Gasteiger partial charge in [0.25, 0.3) is 5.91 Å². The predicted octanol–water partition coefficient (Wildman–Crippen LogP) is 4.68. The number of imidazole rings is 1. The smallest absolute Gasteiger partial charge is 0.253 e. The van der Waals surface area contributed by atoms with Crippen molar-refractivity contribution in [2.24, 2.45) is 7.05 Å². The van der Waals surface area contributed by atoms with Gasteiger partial charge in [0.05, 0.1) is 11.3 Å². The van der Waals surface area contributed by atoms with Crippen LogP contribution in [-0.2, 0) is 13.6 Å². The summed E-state index contributed by atoms with van der Waals surface area (Å²) in [6.07, 6.45) is 7.13. The van der Waals surface area contributed by atoms with Gasteiger partial charge in [0, 0.05) is 62.4 Å². The van der Waals surface area contributed by atoms with Crippen molar-refractivity contribution in [3.05, 3.63) is 96.2 Å². The van der Waals surface area contributed by atoms with E-state index in [2.05, 4.69) is 44.5 Å². The number of rotatable bonds is 6. The maximum absolute atomic E-state index is 13.5. The lowest BCUT2D eigenvalue weighted by Gasteiger charge is -2.32. The number of aryl methyl sites for hydroxylation is 1. The van der Waals surface area contributed by atoms with Crippen molar-refractivity contribution >= 4 is 5.91 Å². The van der Waals surface area contributed by atoms with E-state index in [1.165, 1.54) is 17.7 Å². The van der Waals surface area contributed by atoms with Crippen LogP contribution in [0.4, 0.5) is 4.39 Å². The minimum Gasteiger partial charge on any atom is -0.349 e. The summed E-state index contributed by atoms with van der Waals surface area (Å²) in [4.78, 5) is 23.9. The Morgan fingerprint density at radius 1 is 1.03 bits per heavy atom. The normalized spacial score (nSPS) is 14.7. The zero-order chi connectivity index (χ0) is 24.2. The van der Waals surface area contributed by atoms with Crippen LogP contribution in [0.3, 0.4) is 0 Å². The highest BCUT2D eigenvalue weighted by molar-refractivity contribution is 5.94. The molecule has 0 saturated carbocycles. The van der Waals surface area contributed by atoms with Crippen molar-refractivity contribution in [1.29, 1.82) is 0 Å². The number of benzene rings is 2. The number of nitrogens with zero attached hydrogens (tertiary/aromatic N) is 4. The van der Waals surface area contributed by atoms with Crippen molar-refractivity contribution in [2.75, 3.05) is 13.1 Å². The third-order valence-electron chi connectivity index (χ3n) is 6.51. The number of pyridine rings is 1. The Labute approximate surface area is 204 Å². The number of hydrogen-bond donors (Lipinski definition) is 1. The molecule has 0 spiro atoms. The molecule has 1 fully saturated rings. The monoisotopic (exact) mass is 469 g/mol. The summed E-state index contributed by atoms with van der Waals surface area (Å²) in [5, 5.41) is 3.14. The fourth-order valence-corrected chi connectivity index (χ4v) is 4.51. The molecule has 2 aromatic carbocycles. The summed E-state index contributed by atoms with van der Waals surface area (Å²) in [5.41, 5.74) is 4.23. The summed E-state index contributed by atoms with van der Waals surface area (Å²) in [7, 11) is 2.00. The zero-order valence-electron chi connectivity index (χ0n) is 19.7. The van der Waals surface area contributed by atoms with E-state index in [1.807, 2.05) is 24.0 Å². The van der Waals surface area contributed by atoms with Gasteiger partial charge in [-0.2, -0.15) is 0 Å². The molecular formula is C28H28FN5O. The highest BCUT2D eigenvalue weighted by Gasteiger charge is 2.21. The van der Waals surface area contributed by atoms with Crippen molar-refractivity contribution in [3.63, 3.8) is 0 Å². The lowest BCUT2D eigenvalue weighted by atomic mass is 10.0. The Balaban J connectivity index is 1.11. The van der Waals surface area contributed by atoms with Crippen LogP contribution in [0.1, 0.15) is 28.8 Å². The molecule has 1 amide bonds. The highest BCUT2D eigenvalue weighted by Crippen LogP contribution is 2.20. The molecule has 2 aromatic heterocycles. The van der Waals surface area contributed by atoms with Crippen molar-refractivity contribution < 1.29 is 9.18 Å². The second-order valence-electron chi connectivity index (χ2n) is 9.03. The molecule has 6 nitrogen and oxygen atoms in total. The summed E-state index contributed by atoms with van der Waals surface area (Å²) in [5.74, 6) is 0.539. The van der Waals surface area contributed by atoms with Crippen LogP contribution in [0.25, 0.3) is 22.6 Å². The summed E-state index contributed by atoms with van der Waals surface area (Å²) >= 11 is 0. The lowest BCUT2D eigenvalue weighted by Crippen LogP contribution is -2.44. The molecule has 3 heterocycles. The Kier molecular flexibility index (Phi) is 6.68. The van der Waals surface area contributed by atoms with Crippen LogP contribution in [0, 0.1) is 5.82 Å². The number of hydrogen-bond acceptors (Lipinski definition) is 4. The van der Waals surface area contributed by atoms with Crippen LogP contribution >= 0.6 is 0 Å². The molecule has 1 aliphatic heterocycles. The molecule has 1 saturated heterocycles. The van der Waals surface area contributed by atoms with Gasteiger partial charge in [-0.3, -0.25) is 14.7 Å². The second kappa shape index (κ2) is 10.2. The quantitative estimate of drug-likeness (QED) is 0.445. The number of halogens is 1. The number of likely N-dealkylation sites (tertiary alicyclic amines) is 1. The van der Waals surface area contributed by atoms with Crippen LogP contribution in [-0.4, -0.2) is 44.5 Å². The Bertz CT molecular complexity index is 1290. The van der Waals surface area contributed by atoms with E-state index < -0.39 is 0 Å². The fraction of sp³-hybridized carbons (Fsp3) is 0.250. The van der Waals surface area contributed by atoms with Gasteiger partial charge in [0.2, 0.25) is 0 Å². The minimum atomic E-state index is -0.307. The minimum absolute atomic E-state index is 0.119. The Hall–Kier alpha value is -3.84. The molecule has 0 aliphatic carbocycles. The first kappa shape index (κ1) is 22.9. The number of aromatic nitrogens is 3. The number of nitrogens with one attached hydrogen (secondary N) is 1. The first-order chi connectivity index (χ1) is 17.0. The molecule has 178 valence electrons. The third kappa shape index (κ3) is 5.46. The van der Waals surface area contributed by atoms with Crippen molar-refractivity contribution in [2.45, 2.75) is 25.4 Å². The first-order valence-electron chi connectivity index (χ1n) is 11.9. The van der Waals surface area contributed by atoms with E-state index in [4.69, 9.17) is 0 Å². The molecule has 0 bridgehead atoms. The molecule has 1 N–H and O–H groups in total. The van der Waals surface area contributed by atoms with Gasteiger partial charge in [0.1, 0.15) is 11.6 Å². The van der Waals surface area contributed by atoms with E-state index in [1.54, 1.807) is 30.5 Å². The van der Waals surface area contributed by atoms with E-state index in [0.717, 1.165) is 43.9 Å². The lowest BCUT2D eigenvalue weighted by molar-refractivity contribution is 0.0908.